The lowest BCUT2D eigenvalue weighted by Gasteiger charge is -2.39. The Balaban J connectivity index is 1.54. The van der Waals surface area contributed by atoms with E-state index >= 15 is 0 Å². The molecule has 29 heavy (non-hydrogen) atoms. The molecule has 1 fully saturated rings. The number of rotatable bonds is 3. The molecule has 146 valence electrons. The fraction of sp³-hybridized carbons (Fsp3) is 0.208. The molecule has 0 amide bonds. The number of benzene rings is 3. The van der Waals surface area contributed by atoms with Gasteiger partial charge in [0.25, 0.3) is 0 Å². The van der Waals surface area contributed by atoms with Crippen molar-refractivity contribution in [3.05, 3.63) is 102 Å². The number of aliphatic imine (C=N–C) groups is 1. The normalized spacial score (nSPS) is 21.7. The average molecular weight is 403 g/mol. The van der Waals surface area contributed by atoms with E-state index in [4.69, 9.17) is 4.99 Å². The summed E-state index contributed by atoms with van der Waals surface area (Å²) in [7, 11) is -3.51. The largest absolute Gasteiger partial charge is 0.279 e. The Morgan fingerprint density at radius 1 is 0.828 bits per heavy atom. The zero-order valence-corrected chi connectivity index (χ0v) is 16.8. The molecule has 5 rings (SSSR count). The van der Waals surface area contributed by atoms with E-state index in [9.17, 15) is 8.42 Å². The Labute approximate surface area is 171 Å². The second kappa shape index (κ2) is 7.25. The first-order valence-corrected chi connectivity index (χ1v) is 11.4. The summed E-state index contributed by atoms with van der Waals surface area (Å²) < 4.78 is 27.9. The van der Waals surface area contributed by atoms with E-state index in [0.717, 1.165) is 17.7 Å². The average Bonchev–Trinajstić information content (AvgIpc) is 2.79. The van der Waals surface area contributed by atoms with Crippen molar-refractivity contribution in [1.82, 2.24) is 4.31 Å². The number of hydrogen-bond donors (Lipinski definition) is 0. The van der Waals surface area contributed by atoms with E-state index in [-0.39, 0.29) is 12.0 Å². The van der Waals surface area contributed by atoms with Crippen LogP contribution in [-0.2, 0) is 10.0 Å². The van der Waals surface area contributed by atoms with E-state index in [1.54, 1.807) is 28.6 Å². The van der Waals surface area contributed by atoms with Gasteiger partial charge < -0.3 is 0 Å². The molecule has 0 aliphatic carbocycles. The van der Waals surface area contributed by atoms with Crippen molar-refractivity contribution in [1.29, 1.82) is 0 Å². The van der Waals surface area contributed by atoms with E-state index < -0.39 is 10.0 Å². The lowest BCUT2D eigenvalue weighted by Crippen LogP contribution is -2.46. The van der Waals surface area contributed by atoms with Crippen LogP contribution in [0, 0.1) is 0 Å². The van der Waals surface area contributed by atoms with Crippen molar-refractivity contribution in [2.45, 2.75) is 23.3 Å². The summed E-state index contributed by atoms with van der Waals surface area (Å²) in [5, 5.41) is 0. The van der Waals surface area contributed by atoms with Crippen LogP contribution in [0.3, 0.4) is 0 Å². The number of nitrogens with zero attached hydrogens (tertiary/aromatic N) is 2. The quantitative estimate of drug-likeness (QED) is 0.663. The summed E-state index contributed by atoms with van der Waals surface area (Å²) in [5.74, 6) is 0.251. The van der Waals surface area contributed by atoms with Crippen LogP contribution in [0.25, 0.3) is 0 Å². The van der Waals surface area contributed by atoms with Crippen LogP contribution < -0.4 is 0 Å². The third kappa shape index (κ3) is 3.20. The Morgan fingerprint density at radius 2 is 1.48 bits per heavy atom. The molecule has 0 radical (unpaired) electrons. The van der Waals surface area contributed by atoms with Crippen LogP contribution in [-0.4, -0.2) is 37.6 Å². The van der Waals surface area contributed by atoms with E-state index in [1.165, 1.54) is 11.1 Å². The molecule has 2 aliphatic rings. The fourth-order valence-electron chi connectivity index (χ4n) is 4.45. The summed E-state index contributed by atoms with van der Waals surface area (Å²) in [4.78, 5) is 5.43. The summed E-state index contributed by atoms with van der Waals surface area (Å²) in [5.41, 5.74) is 4.48. The highest BCUT2D eigenvalue weighted by Gasteiger charge is 2.39. The highest BCUT2D eigenvalue weighted by molar-refractivity contribution is 7.89. The van der Waals surface area contributed by atoms with Gasteiger partial charge in [-0.3, -0.25) is 4.99 Å². The van der Waals surface area contributed by atoms with Crippen LogP contribution in [0.15, 0.2) is 94.8 Å². The van der Waals surface area contributed by atoms with Gasteiger partial charge in [-0.25, -0.2) is 8.42 Å². The number of hydrogen-bond acceptors (Lipinski definition) is 3. The minimum absolute atomic E-state index is 0.0765. The van der Waals surface area contributed by atoms with Crippen molar-refractivity contribution in [3.63, 3.8) is 0 Å². The Bertz CT molecular complexity index is 1160. The first-order chi connectivity index (χ1) is 14.1. The molecule has 2 atom stereocenters. The first-order valence-electron chi connectivity index (χ1n) is 9.92. The monoisotopic (exact) mass is 402 g/mol. The van der Waals surface area contributed by atoms with E-state index in [2.05, 4.69) is 30.3 Å². The van der Waals surface area contributed by atoms with Gasteiger partial charge in [0.15, 0.2) is 0 Å². The molecule has 2 heterocycles. The van der Waals surface area contributed by atoms with Gasteiger partial charge in [-0.05, 0) is 24.1 Å². The lowest BCUT2D eigenvalue weighted by atomic mass is 9.79. The molecule has 0 spiro atoms. The molecule has 5 heteroatoms. The van der Waals surface area contributed by atoms with Crippen LogP contribution in [0.2, 0.25) is 0 Å². The van der Waals surface area contributed by atoms with Gasteiger partial charge in [-0.15, -0.1) is 0 Å². The molecule has 0 aromatic heterocycles. The maximum absolute atomic E-state index is 13.1. The molecule has 3 aromatic rings. The second-order valence-corrected chi connectivity index (χ2v) is 9.51. The number of sulfonamides is 1. The molecular formula is C24H22N2O2S. The lowest BCUT2D eigenvalue weighted by molar-refractivity contribution is 0.285. The van der Waals surface area contributed by atoms with Crippen molar-refractivity contribution in [3.8, 4) is 0 Å². The molecule has 0 N–H and O–H groups in total. The van der Waals surface area contributed by atoms with Gasteiger partial charge in [-0.2, -0.15) is 4.31 Å². The minimum atomic E-state index is -3.51. The smallest absolute Gasteiger partial charge is 0.243 e. The number of piperidine rings is 1. The number of fused-ring (bicyclic) bond motifs is 3. The van der Waals surface area contributed by atoms with Crippen LogP contribution in [0.4, 0.5) is 0 Å². The predicted octanol–water partition coefficient (Wildman–Crippen LogP) is 4.08. The van der Waals surface area contributed by atoms with E-state index in [0.29, 0.717) is 18.0 Å². The SMILES string of the molecule is O=S(=O)(c1ccccc1)N1CC[C@@H]2c3ccccc3C(c3ccccc3)=N[C@H]2C1. The standard InChI is InChI=1S/C24H22N2O2S/c27-29(28,19-11-5-2-6-12-19)26-16-15-21-20-13-7-8-14-22(20)24(25-23(21)17-26)18-9-3-1-4-10-18/h1-14,21,23H,15-17H2/t21-,23+/m1/s1. The fourth-order valence-corrected chi connectivity index (χ4v) is 5.95. The molecule has 0 unspecified atom stereocenters. The van der Waals surface area contributed by atoms with Gasteiger partial charge in [0.2, 0.25) is 10.0 Å². The summed E-state index contributed by atoms with van der Waals surface area (Å²) >= 11 is 0. The first kappa shape index (κ1) is 18.3. The third-order valence-corrected chi connectivity index (χ3v) is 7.76. The molecule has 1 saturated heterocycles. The molecule has 2 aliphatic heterocycles. The highest BCUT2D eigenvalue weighted by Crippen LogP contribution is 2.38. The van der Waals surface area contributed by atoms with Crippen LogP contribution in [0.5, 0.6) is 0 Å². The van der Waals surface area contributed by atoms with Crippen molar-refractivity contribution in [2.24, 2.45) is 4.99 Å². The molecular weight excluding hydrogens is 380 g/mol. The highest BCUT2D eigenvalue weighted by atomic mass is 32.2. The Morgan fingerprint density at radius 3 is 2.24 bits per heavy atom. The third-order valence-electron chi connectivity index (χ3n) is 5.88. The summed E-state index contributed by atoms with van der Waals surface area (Å²) in [6, 6.07) is 27.2. The minimum Gasteiger partial charge on any atom is -0.279 e. The second-order valence-electron chi connectivity index (χ2n) is 7.57. The zero-order valence-electron chi connectivity index (χ0n) is 16.0. The van der Waals surface area contributed by atoms with Crippen LogP contribution >= 0.6 is 0 Å². The summed E-state index contributed by atoms with van der Waals surface area (Å²) in [6.07, 6.45) is 0.777. The molecule has 0 bridgehead atoms. The maximum Gasteiger partial charge on any atom is 0.243 e. The summed E-state index contributed by atoms with van der Waals surface area (Å²) in [6.45, 7) is 0.926. The molecule has 3 aromatic carbocycles. The molecule has 4 nitrogen and oxygen atoms in total. The van der Waals surface area contributed by atoms with Crippen molar-refractivity contribution < 1.29 is 8.42 Å². The van der Waals surface area contributed by atoms with Gasteiger partial charge in [0, 0.05) is 30.1 Å². The van der Waals surface area contributed by atoms with Crippen LogP contribution in [0.1, 0.15) is 29.0 Å². The van der Waals surface area contributed by atoms with E-state index in [1.807, 2.05) is 30.3 Å². The Kier molecular flexibility index (Phi) is 4.57. The maximum atomic E-state index is 13.1. The molecule has 0 saturated carbocycles. The predicted molar refractivity (Wildman–Crippen MR) is 115 cm³/mol. The topological polar surface area (TPSA) is 49.7 Å². The van der Waals surface area contributed by atoms with Gasteiger partial charge in [0.05, 0.1) is 16.6 Å². The van der Waals surface area contributed by atoms with Gasteiger partial charge in [0.1, 0.15) is 0 Å². The zero-order chi connectivity index (χ0) is 19.8. The van der Waals surface area contributed by atoms with Gasteiger partial charge in [-0.1, -0.05) is 72.8 Å². The van der Waals surface area contributed by atoms with Crippen molar-refractivity contribution >= 4 is 15.7 Å². The van der Waals surface area contributed by atoms with Crippen molar-refractivity contribution in [2.75, 3.05) is 13.1 Å². The van der Waals surface area contributed by atoms with Gasteiger partial charge >= 0.3 is 0 Å². The Hall–Kier alpha value is -2.76.